The summed E-state index contributed by atoms with van der Waals surface area (Å²) in [5.74, 6) is 6.57. The number of aliphatic hydroxyl groups is 1. The molecular formula is C10H18BrN5O. The molecule has 0 aliphatic carbocycles. The Labute approximate surface area is 109 Å². The van der Waals surface area contributed by atoms with Gasteiger partial charge in [-0.15, -0.1) is 0 Å². The van der Waals surface area contributed by atoms with E-state index in [0.29, 0.717) is 22.7 Å². The fourth-order valence-electron chi connectivity index (χ4n) is 1.49. The van der Waals surface area contributed by atoms with Crippen LogP contribution in [0.4, 0.5) is 11.6 Å². The van der Waals surface area contributed by atoms with Gasteiger partial charge in [0.15, 0.2) is 5.82 Å². The predicted octanol–water partition coefficient (Wildman–Crippen LogP) is 1.12. The van der Waals surface area contributed by atoms with Crippen LogP contribution in [0, 0.1) is 0 Å². The zero-order chi connectivity index (χ0) is 13.1. The first-order chi connectivity index (χ1) is 7.89. The summed E-state index contributed by atoms with van der Waals surface area (Å²) in [4.78, 5) is 10.1. The number of nitrogens with zero attached hydrogens (tertiary/aromatic N) is 3. The number of hydrogen-bond acceptors (Lipinski definition) is 6. The second-order valence-electron chi connectivity index (χ2n) is 4.33. The Morgan fingerprint density at radius 1 is 1.53 bits per heavy atom. The minimum absolute atomic E-state index is 0.475. The van der Waals surface area contributed by atoms with Crippen LogP contribution in [0.25, 0.3) is 0 Å². The molecule has 0 atom stereocenters. The van der Waals surface area contributed by atoms with E-state index in [2.05, 4.69) is 31.3 Å². The van der Waals surface area contributed by atoms with E-state index in [4.69, 9.17) is 5.84 Å². The normalized spacial score (nSPS) is 11.4. The van der Waals surface area contributed by atoms with Crippen LogP contribution in [0.1, 0.15) is 20.8 Å². The smallest absolute Gasteiger partial charge is 0.159 e. The molecule has 0 radical (unpaired) electrons. The van der Waals surface area contributed by atoms with E-state index in [9.17, 15) is 5.11 Å². The second-order valence-corrected chi connectivity index (χ2v) is 5.12. The second kappa shape index (κ2) is 5.61. The van der Waals surface area contributed by atoms with Gasteiger partial charge in [0, 0.05) is 13.1 Å². The maximum Gasteiger partial charge on any atom is 0.159 e. The SMILES string of the molecule is CCN(CC(C)(C)O)c1ncnc(NN)c1Br. The van der Waals surface area contributed by atoms with Gasteiger partial charge < -0.3 is 15.4 Å². The van der Waals surface area contributed by atoms with Gasteiger partial charge in [-0.05, 0) is 36.7 Å². The van der Waals surface area contributed by atoms with Gasteiger partial charge in [-0.25, -0.2) is 15.8 Å². The van der Waals surface area contributed by atoms with Crippen LogP contribution in [0.3, 0.4) is 0 Å². The molecule has 0 bridgehead atoms. The van der Waals surface area contributed by atoms with Crippen molar-refractivity contribution in [2.24, 2.45) is 5.84 Å². The van der Waals surface area contributed by atoms with Crippen LogP contribution in [0.5, 0.6) is 0 Å². The molecule has 0 saturated heterocycles. The van der Waals surface area contributed by atoms with Gasteiger partial charge in [0.05, 0.1) is 5.60 Å². The van der Waals surface area contributed by atoms with Crippen molar-refractivity contribution in [2.75, 3.05) is 23.4 Å². The minimum Gasteiger partial charge on any atom is -0.389 e. The van der Waals surface area contributed by atoms with Crippen molar-refractivity contribution in [3.63, 3.8) is 0 Å². The molecular weight excluding hydrogens is 286 g/mol. The number of halogens is 1. The fraction of sp³-hybridized carbons (Fsp3) is 0.600. The van der Waals surface area contributed by atoms with Gasteiger partial charge in [-0.2, -0.15) is 0 Å². The van der Waals surface area contributed by atoms with Gasteiger partial charge in [-0.3, -0.25) is 0 Å². The Kier molecular flexibility index (Phi) is 4.67. The summed E-state index contributed by atoms with van der Waals surface area (Å²) in [6, 6.07) is 0. The number of likely N-dealkylation sites (N-methyl/N-ethyl adjacent to an activating group) is 1. The van der Waals surface area contributed by atoms with Crippen molar-refractivity contribution in [1.29, 1.82) is 0 Å². The number of nitrogens with one attached hydrogen (secondary N) is 1. The summed E-state index contributed by atoms with van der Waals surface area (Å²) in [6.45, 7) is 6.71. The average molecular weight is 304 g/mol. The third kappa shape index (κ3) is 3.79. The van der Waals surface area contributed by atoms with E-state index in [1.54, 1.807) is 13.8 Å². The van der Waals surface area contributed by atoms with Crippen LogP contribution in [-0.2, 0) is 0 Å². The van der Waals surface area contributed by atoms with Gasteiger partial charge in [0.1, 0.15) is 16.6 Å². The quantitative estimate of drug-likeness (QED) is 0.558. The Morgan fingerprint density at radius 3 is 2.65 bits per heavy atom. The van der Waals surface area contributed by atoms with E-state index < -0.39 is 5.60 Å². The summed E-state index contributed by atoms with van der Waals surface area (Å²) in [5, 5.41) is 9.86. The maximum atomic E-state index is 9.86. The lowest BCUT2D eigenvalue weighted by Crippen LogP contribution is -2.39. The summed E-state index contributed by atoms with van der Waals surface area (Å²) in [7, 11) is 0. The third-order valence-corrected chi connectivity index (χ3v) is 2.90. The molecule has 0 fully saturated rings. The Bertz CT molecular complexity index is 379. The first-order valence-corrected chi connectivity index (χ1v) is 6.12. The van der Waals surface area contributed by atoms with Crippen LogP contribution < -0.4 is 16.2 Å². The monoisotopic (exact) mass is 303 g/mol. The average Bonchev–Trinajstić information content (AvgIpc) is 2.25. The van der Waals surface area contributed by atoms with Crippen molar-refractivity contribution >= 4 is 27.6 Å². The molecule has 0 aliphatic rings. The van der Waals surface area contributed by atoms with E-state index >= 15 is 0 Å². The molecule has 6 nitrogen and oxygen atoms in total. The Balaban J connectivity index is 3.04. The van der Waals surface area contributed by atoms with Gasteiger partial charge in [-0.1, -0.05) is 0 Å². The van der Waals surface area contributed by atoms with E-state index in [-0.39, 0.29) is 0 Å². The third-order valence-electron chi connectivity index (χ3n) is 2.17. The first kappa shape index (κ1) is 14.1. The highest BCUT2D eigenvalue weighted by Gasteiger charge is 2.21. The van der Waals surface area contributed by atoms with Gasteiger partial charge in [0.25, 0.3) is 0 Å². The molecule has 0 aliphatic heterocycles. The molecule has 1 heterocycles. The number of nitrogen functional groups attached to an aromatic ring is 1. The molecule has 1 aromatic heterocycles. The van der Waals surface area contributed by atoms with Crippen LogP contribution in [-0.4, -0.2) is 33.8 Å². The van der Waals surface area contributed by atoms with Crippen molar-refractivity contribution in [1.82, 2.24) is 9.97 Å². The first-order valence-electron chi connectivity index (χ1n) is 5.33. The molecule has 0 spiro atoms. The molecule has 1 aromatic rings. The van der Waals surface area contributed by atoms with Crippen LogP contribution in [0.15, 0.2) is 10.8 Å². The lowest BCUT2D eigenvalue weighted by Gasteiger charge is -2.29. The topological polar surface area (TPSA) is 87.3 Å². The van der Waals surface area contributed by atoms with E-state index in [0.717, 1.165) is 6.54 Å². The lowest BCUT2D eigenvalue weighted by molar-refractivity contribution is 0.0874. The fourth-order valence-corrected chi connectivity index (χ4v) is 2.06. The number of hydrogen-bond donors (Lipinski definition) is 3. The summed E-state index contributed by atoms with van der Waals surface area (Å²) in [5.41, 5.74) is 1.70. The summed E-state index contributed by atoms with van der Waals surface area (Å²) >= 11 is 3.40. The molecule has 0 amide bonds. The van der Waals surface area contributed by atoms with Crippen molar-refractivity contribution in [2.45, 2.75) is 26.4 Å². The summed E-state index contributed by atoms with van der Waals surface area (Å²) < 4.78 is 0.689. The van der Waals surface area contributed by atoms with Crippen molar-refractivity contribution in [3.8, 4) is 0 Å². The van der Waals surface area contributed by atoms with E-state index in [1.165, 1.54) is 6.33 Å². The highest BCUT2D eigenvalue weighted by Crippen LogP contribution is 2.29. The molecule has 7 heteroatoms. The molecule has 0 aromatic carbocycles. The molecule has 0 unspecified atom stereocenters. The van der Waals surface area contributed by atoms with Gasteiger partial charge >= 0.3 is 0 Å². The minimum atomic E-state index is -0.795. The molecule has 4 N–H and O–H groups in total. The molecule has 96 valence electrons. The predicted molar refractivity (Wildman–Crippen MR) is 71.7 cm³/mol. The summed E-state index contributed by atoms with van der Waals surface area (Å²) in [6.07, 6.45) is 1.43. The maximum absolute atomic E-state index is 9.86. The highest BCUT2D eigenvalue weighted by atomic mass is 79.9. The van der Waals surface area contributed by atoms with Gasteiger partial charge in [0.2, 0.25) is 0 Å². The molecule has 1 rings (SSSR count). The highest BCUT2D eigenvalue weighted by molar-refractivity contribution is 9.10. The van der Waals surface area contributed by atoms with Crippen LogP contribution >= 0.6 is 15.9 Å². The number of hydrazine groups is 1. The Hall–Kier alpha value is -0.920. The lowest BCUT2D eigenvalue weighted by atomic mass is 10.1. The molecule has 17 heavy (non-hydrogen) atoms. The van der Waals surface area contributed by atoms with Crippen LogP contribution in [0.2, 0.25) is 0 Å². The largest absolute Gasteiger partial charge is 0.389 e. The number of aromatic nitrogens is 2. The number of rotatable bonds is 5. The molecule has 0 saturated carbocycles. The van der Waals surface area contributed by atoms with Crippen molar-refractivity contribution < 1.29 is 5.11 Å². The zero-order valence-electron chi connectivity index (χ0n) is 10.2. The van der Waals surface area contributed by atoms with Crippen molar-refractivity contribution in [3.05, 3.63) is 10.8 Å². The van der Waals surface area contributed by atoms with E-state index in [1.807, 2.05) is 11.8 Å². The zero-order valence-corrected chi connectivity index (χ0v) is 11.8. The number of nitrogens with two attached hydrogens (primary N) is 1. The Morgan fingerprint density at radius 2 is 2.18 bits per heavy atom. The number of anilines is 2. The standard InChI is InChI=1S/C10H18BrN5O/c1-4-16(5-10(2,3)17)9-7(11)8(15-12)13-6-14-9/h6,17H,4-5,12H2,1-3H3,(H,13,14,15).